The third-order valence-electron chi connectivity index (χ3n) is 3.09. The smallest absolute Gasteiger partial charge is 0.258 e. The minimum absolute atomic E-state index is 0.0977. The first kappa shape index (κ1) is 14.4. The largest absolute Gasteiger partial charge is 0.377 e. The number of thiazole rings is 1. The van der Waals surface area contributed by atoms with Gasteiger partial charge in [-0.3, -0.25) is 9.20 Å². The van der Waals surface area contributed by atoms with Crippen LogP contribution in [0.4, 0.5) is 5.69 Å². The molecule has 4 nitrogen and oxygen atoms in total. The molecule has 0 unspecified atom stereocenters. The Kier molecular flexibility index (Phi) is 3.89. The van der Waals surface area contributed by atoms with Crippen LogP contribution in [0.3, 0.4) is 0 Å². The van der Waals surface area contributed by atoms with Gasteiger partial charge in [0, 0.05) is 17.6 Å². The van der Waals surface area contributed by atoms with E-state index >= 15 is 0 Å². The number of hydrogen-bond acceptors (Lipinski definition) is 4. The predicted octanol–water partition coefficient (Wildman–Crippen LogP) is 3.98. The van der Waals surface area contributed by atoms with Crippen LogP contribution >= 0.6 is 34.5 Å². The molecular weight excluding hydrogens is 329 g/mol. The van der Waals surface area contributed by atoms with Gasteiger partial charge in [-0.1, -0.05) is 29.3 Å². The highest BCUT2D eigenvalue weighted by molar-refractivity contribution is 7.15. The molecule has 2 aromatic heterocycles. The first-order valence-corrected chi connectivity index (χ1v) is 7.84. The van der Waals surface area contributed by atoms with Crippen molar-refractivity contribution in [2.45, 2.75) is 13.5 Å². The van der Waals surface area contributed by atoms with Gasteiger partial charge in [-0.2, -0.15) is 0 Å². The molecule has 108 valence electrons. The SMILES string of the molecule is Cc1ccc(Cl)c(NCc2cc(=O)n3ccsc3n2)c1Cl. The molecule has 3 aromatic rings. The number of nitrogens with zero attached hydrogens (tertiary/aromatic N) is 2. The van der Waals surface area contributed by atoms with Crippen molar-refractivity contribution in [2.75, 3.05) is 5.32 Å². The first-order chi connectivity index (χ1) is 10.1. The van der Waals surface area contributed by atoms with E-state index in [9.17, 15) is 4.79 Å². The van der Waals surface area contributed by atoms with Crippen molar-refractivity contribution >= 4 is 45.2 Å². The zero-order valence-electron chi connectivity index (χ0n) is 11.1. The normalized spacial score (nSPS) is 11.0. The van der Waals surface area contributed by atoms with E-state index in [1.165, 1.54) is 21.8 Å². The second-order valence-electron chi connectivity index (χ2n) is 4.55. The first-order valence-electron chi connectivity index (χ1n) is 6.20. The summed E-state index contributed by atoms with van der Waals surface area (Å²) < 4.78 is 1.51. The van der Waals surface area contributed by atoms with E-state index in [1.807, 2.05) is 18.4 Å². The number of fused-ring (bicyclic) bond motifs is 1. The molecule has 0 aliphatic heterocycles. The van der Waals surface area contributed by atoms with Gasteiger partial charge in [-0.15, -0.1) is 11.3 Å². The summed E-state index contributed by atoms with van der Waals surface area (Å²) in [6.45, 7) is 2.29. The third-order valence-corrected chi connectivity index (χ3v) is 4.65. The molecule has 1 aromatic carbocycles. The Hall–Kier alpha value is -1.56. The Balaban J connectivity index is 1.90. The number of benzene rings is 1. The maximum atomic E-state index is 11.9. The fourth-order valence-corrected chi connectivity index (χ4v) is 3.22. The van der Waals surface area contributed by atoms with Gasteiger partial charge in [0.15, 0.2) is 4.96 Å². The summed E-state index contributed by atoms with van der Waals surface area (Å²) in [5, 5.41) is 6.10. The van der Waals surface area contributed by atoms with Crippen molar-refractivity contribution in [3.63, 3.8) is 0 Å². The van der Waals surface area contributed by atoms with E-state index in [4.69, 9.17) is 23.2 Å². The molecule has 0 saturated carbocycles. The van der Waals surface area contributed by atoms with E-state index in [1.54, 1.807) is 12.3 Å². The quantitative estimate of drug-likeness (QED) is 0.784. The topological polar surface area (TPSA) is 46.4 Å². The van der Waals surface area contributed by atoms with Crippen LogP contribution < -0.4 is 10.9 Å². The summed E-state index contributed by atoms with van der Waals surface area (Å²) in [4.78, 5) is 17.0. The fourth-order valence-electron chi connectivity index (χ4n) is 1.98. The van der Waals surface area contributed by atoms with E-state index < -0.39 is 0 Å². The van der Waals surface area contributed by atoms with Crippen molar-refractivity contribution in [3.8, 4) is 0 Å². The summed E-state index contributed by atoms with van der Waals surface area (Å²) in [5.41, 5.74) is 2.15. The third kappa shape index (κ3) is 2.77. The van der Waals surface area contributed by atoms with Gasteiger partial charge in [0.25, 0.3) is 5.56 Å². The van der Waals surface area contributed by atoms with Gasteiger partial charge in [-0.25, -0.2) is 4.98 Å². The highest BCUT2D eigenvalue weighted by Crippen LogP contribution is 2.33. The molecule has 0 atom stereocenters. The number of nitrogens with one attached hydrogen (secondary N) is 1. The van der Waals surface area contributed by atoms with Crippen molar-refractivity contribution in [3.05, 3.63) is 61.4 Å². The Morgan fingerprint density at radius 2 is 2.19 bits per heavy atom. The fraction of sp³-hybridized carbons (Fsp3) is 0.143. The van der Waals surface area contributed by atoms with Gasteiger partial charge in [-0.05, 0) is 18.6 Å². The lowest BCUT2D eigenvalue weighted by atomic mass is 10.2. The average molecular weight is 340 g/mol. The predicted molar refractivity (Wildman–Crippen MR) is 87.9 cm³/mol. The number of aromatic nitrogens is 2. The highest BCUT2D eigenvalue weighted by atomic mass is 35.5. The second kappa shape index (κ2) is 5.67. The molecule has 0 saturated heterocycles. The molecule has 0 bridgehead atoms. The Bertz CT molecular complexity index is 872. The monoisotopic (exact) mass is 339 g/mol. The summed E-state index contributed by atoms with van der Waals surface area (Å²) in [7, 11) is 0. The van der Waals surface area contributed by atoms with Gasteiger partial charge >= 0.3 is 0 Å². The Morgan fingerprint density at radius 1 is 1.38 bits per heavy atom. The molecule has 0 amide bonds. The lowest BCUT2D eigenvalue weighted by molar-refractivity contribution is 0.990. The number of anilines is 1. The van der Waals surface area contributed by atoms with Crippen LogP contribution in [0.15, 0.2) is 34.6 Å². The minimum atomic E-state index is -0.0977. The zero-order chi connectivity index (χ0) is 15.0. The zero-order valence-corrected chi connectivity index (χ0v) is 13.4. The van der Waals surface area contributed by atoms with E-state index in [0.29, 0.717) is 32.9 Å². The molecule has 2 heterocycles. The van der Waals surface area contributed by atoms with E-state index in [0.717, 1.165) is 5.56 Å². The summed E-state index contributed by atoms with van der Waals surface area (Å²) in [6.07, 6.45) is 1.71. The van der Waals surface area contributed by atoms with E-state index in [2.05, 4.69) is 10.3 Å². The van der Waals surface area contributed by atoms with Gasteiger partial charge < -0.3 is 5.32 Å². The molecule has 0 fully saturated rings. The standard InChI is InChI=1S/C14H11Cl2N3OS/c1-8-2-3-10(15)13(12(8)16)17-7-9-6-11(20)19-4-5-21-14(19)18-9/h2-6,17H,7H2,1H3. The molecule has 0 aliphatic carbocycles. The van der Waals surface area contributed by atoms with Crippen molar-refractivity contribution < 1.29 is 0 Å². The lowest BCUT2D eigenvalue weighted by Gasteiger charge is -2.11. The lowest BCUT2D eigenvalue weighted by Crippen LogP contribution is -2.14. The minimum Gasteiger partial charge on any atom is -0.377 e. The number of hydrogen-bond donors (Lipinski definition) is 1. The van der Waals surface area contributed by atoms with Gasteiger partial charge in [0.2, 0.25) is 0 Å². The summed E-state index contributed by atoms with van der Waals surface area (Å²) in [5.74, 6) is 0. The molecule has 0 radical (unpaired) electrons. The molecule has 0 spiro atoms. The molecule has 7 heteroatoms. The van der Waals surface area contributed by atoms with Gasteiger partial charge in [0.05, 0.1) is 28.0 Å². The number of halogens is 2. The molecule has 21 heavy (non-hydrogen) atoms. The Labute approximate surface area is 135 Å². The number of aryl methyl sites for hydroxylation is 1. The molecule has 0 aliphatic rings. The van der Waals surface area contributed by atoms with Crippen LogP contribution in [0.2, 0.25) is 10.0 Å². The van der Waals surface area contributed by atoms with Crippen molar-refractivity contribution in [1.82, 2.24) is 9.38 Å². The van der Waals surface area contributed by atoms with Crippen molar-refractivity contribution in [2.24, 2.45) is 0 Å². The maximum absolute atomic E-state index is 11.9. The summed E-state index contributed by atoms with van der Waals surface area (Å²) >= 11 is 13.8. The van der Waals surface area contributed by atoms with E-state index in [-0.39, 0.29) is 5.56 Å². The highest BCUT2D eigenvalue weighted by Gasteiger charge is 2.09. The van der Waals surface area contributed by atoms with Crippen LogP contribution in [0.25, 0.3) is 4.96 Å². The molecular formula is C14H11Cl2N3OS. The van der Waals surface area contributed by atoms with Crippen molar-refractivity contribution in [1.29, 1.82) is 0 Å². The van der Waals surface area contributed by atoms with Crippen LogP contribution in [0.1, 0.15) is 11.3 Å². The Morgan fingerprint density at radius 3 is 3.00 bits per heavy atom. The van der Waals surface area contributed by atoms with Crippen LogP contribution in [0, 0.1) is 6.92 Å². The molecule has 1 N–H and O–H groups in total. The second-order valence-corrected chi connectivity index (χ2v) is 6.21. The van der Waals surface area contributed by atoms with Crippen LogP contribution in [0.5, 0.6) is 0 Å². The average Bonchev–Trinajstić information content (AvgIpc) is 2.92. The van der Waals surface area contributed by atoms with Crippen LogP contribution in [-0.2, 0) is 6.54 Å². The summed E-state index contributed by atoms with van der Waals surface area (Å²) in [6, 6.07) is 5.15. The molecule has 3 rings (SSSR count). The number of rotatable bonds is 3. The van der Waals surface area contributed by atoms with Crippen LogP contribution in [-0.4, -0.2) is 9.38 Å². The van der Waals surface area contributed by atoms with Gasteiger partial charge in [0.1, 0.15) is 0 Å². The maximum Gasteiger partial charge on any atom is 0.258 e.